The van der Waals surface area contributed by atoms with E-state index in [9.17, 15) is 0 Å². The predicted molar refractivity (Wildman–Crippen MR) is 68.3 cm³/mol. The zero-order valence-corrected chi connectivity index (χ0v) is 12.1. The van der Waals surface area contributed by atoms with Crippen molar-refractivity contribution >= 4 is 14.1 Å². The van der Waals surface area contributed by atoms with Gasteiger partial charge in [-0.2, -0.15) is 0 Å². The Morgan fingerprint density at radius 1 is 0.643 bits per heavy atom. The van der Waals surface area contributed by atoms with Gasteiger partial charge in [0.05, 0.1) is 0 Å². The molecule has 0 bridgehead atoms. The van der Waals surface area contributed by atoms with Crippen molar-refractivity contribution in [3.63, 3.8) is 0 Å². The molecule has 0 aromatic rings. The third-order valence-corrected chi connectivity index (χ3v) is 7.24. The molecule has 0 saturated carbocycles. The van der Waals surface area contributed by atoms with Crippen LogP contribution >= 0.6 is 0 Å². The molecule has 0 atom stereocenters. The molecule has 2 N–H and O–H groups in total. The first-order valence-corrected chi connectivity index (χ1v) is 8.36. The average molecular weight is 216 g/mol. The monoisotopic (exact) mass is 216 g/mol. The van der Waals surface area contributed by atoms with Crippen LogP contribution in [0.25, 0.3) is 0 Å². The molecule has 2 heteroatoms. The van der Waals surface area contributed by atoms with Gasteiger partial charge in [-0.15, -0.1) is 0 Å². The first kappa shape index (κ1) is 16.9. The Morgan fingerprint density at radius 2 is 0.857 bits per heavy atom. The summed E-state index contributed by atoms with van der Waals surface area (Å²) in [4.78, 5) is 0. The van der Waals surface area contributed by atoms with E-state index in [2.05, 4.69) is 41.5 Å². The highest BCUT2D eigenvalue weighted by atomic mass is 27.2. The molecule has 0 saturated heterocycles. The van der Waals surface area contributed by atoms with Crippen molar-refractivity contribution in [2.24, 2.45) is 17.8 Å². The molecule has 0 aliphatic heterocycles. The van der Waals surface area contributed by atoms with Crippen molar-refractivity contribution in [3.05, 3.63) is 0 Å². The van der Waals surface area contributed by atoms with Crippen molar-refractivity contribution in [2.45, 2.75) is 57.4 Å². The van der Waals surface area contributed by atoms with Crippen LogP contribution in [0.2, 0.25) is 15.8 Å². The largest absolute Gasteiger partial charge is 0.412 e. The van der Waals surface area contributed by atoms with Gasteiger partial charge in [-0.1, -0.05) is 75.1 Å². The summed E-state index contributed by atoms with van der Waals surface area (Å²) < 4.78 is 0. The highest BCUT2D eigenvalue weighted by molar-refractivity contribution is 6.58. The maximum absolute atomic E-state index is 2.38. The average Bonchev–Trinajstić information content (AvgIpc) is 1.80. The Hall–Kier alpha value is 0.492. The Labute approximate surface area is 95.0 Å². The van der Waals surface area contributed by atoms with E-state index < -0.39 is 14.1 Å². The summed E-state index contributed by atoms with van der Waals surface area (Å²) in [5.41, 5.74) is 0. The van der Waals surface area contributed by atoms with Crippen LogP contribution in [-0.4, -0.2) is 19.6 Å². The van der Waals surface area contributed by atoms with Gasteiger partial charge in [-0.25, -0.2) is 0 Å². The number of hydrogen-bond donors (Lipinski definition) is 0. The van der Waals surface area contributed by atoms with Gasteiger partial charge < -0.3 is 5.48 Å². The van der Waals surface area contributed by atoms with Gasteiger partial charge in [0.2, 0.25) is 0 Å². The Balaban J connectivity index is 0. The molecule has 0 rings (SSSR count). The van der Waals surface area contributed by atoms with Crippen molar-refractivity contribution in [1.29, 1.82) is 0 Å². The van der Waals surface area contributed by atoms with Gasteiger partial charge in [0.1, 0.15) is 0 Å². The summed E-state index contributed by atoms with van der Waals surface area (Å²) in [5, 5.41) is 4.66. The summed E-state index contributed by atoms with van der Waals surface area (Å²) in [6.07, 6.45) is 0. The molecule has 86 valence electrons. The molecule has 0 fully saturated rings. The summed E-state index contributed by atoms with van der Waals surface area (Å²) in [7, 11) is 0. The molecule has 0 unspecified atom stereocenters. The van der Waals surface area contributed by atoms with Crippen LogP contribution in [-0.2, 0) is 0 Å². The lowest BCUT2D eigenvalue weighted by Crippen LogP contribution is -2.19. The van der Waals surface area contributed by atoms with Gasteiger partial charge in [0, 0.05) is 0 Å². The standard InChI is InChI=1S/3C4H9.Al.H2O/c3*1-4(2)3;;/h3*4H,1H2,2-3H3;;1H2. The maximum atomic E-state index is 2.38. The molecule has 14 heavy (non-hydrogen) atoms. The van der Waals surface area contributed by atoms with Crippen LogP contribution in [0.3, 0.4) is 0 Å². The van der Waals surface area contributed by atoms with Crippen LogP contribution in [0.5, 0.6) is 0 Å². The van der Waals surface area contributed by atoms with E-state index in [0.717, 1.165) is 17.8 Å². The fourth-order valence-electron chi connectivity index (χ4n) is 2.29. The Bertz CT molecular complexity index is 97.7. The van der Waals surface area contributed by atoms with E-state index in [0.29, 0.717) is 0 Å². The first-order chi connectivity index (χ1) is 5.91. The minimum atomic E-state index is -0.407. The molecular formula is C12H29AlO. The Kier molecular flexibility index (Phi) is 10.6. The second kappa shape index (κ2) is 8.77. The molecule has 0 aliphatic rings. The summed E-state index contributed by atoms with van der Waals surface area (Å²) >= 11 is -0.407. The normalized spacial score (nSPS) is 10.9. The van der Waals surface area contributed by atoms with Gasteiger partial charge >= 0.3 is 0 Å². The molecule has 0 aliphatic carbocycles. The molecule has 0 aromatic carbocycles. The fraction of sp³-hybridized carbons (Fsp3) is 1.00. The lowest BCUT2D eigenvalue weighted by Gasteiger charge is -2.17. The van der Waals surface area contributed by atoms with Crippen molar-refractivity contribution in [2.75, 3.05) is 0 Å². The SMILES string of the molecule is CC(C)[CH2][Al]([CH2]C(C)C)[CH2]C(C)C.O. The molecule has 0 radical (unpaired) electrons. The third-order valence-electron chi connectivity index (χ3n) is 2.41. The van der Waals surface area contributed by atoms with E-state index in [1.165, 1.54) is 0 Å². The van der Waals surface area contributed by atoms with Gasteiger partial charge in [0.25, 0.3) is 14.1 Å². The lowest BCUT2D eigenvalue weighted by molar-refractivity contribution is 0.659. The van der Waals surface area contributed by atoms with Gasteiger partial charge in [-0.05, 0) is 0 Å². The summed E-state index contributed by atoms with van der Waals surface area (Å²) in [5.74, 6) is 2.78. The first-order valence-electron chi connectivity index (χ1n) is 5.91. The molecule has 0 aromatic heterocycles. The maximum Gasteiger partial charge on any atom is 0.262 e. The molecule has 0 spiro atoms. The van der Waals surface area contributed by atoms with E-state index in [1.807, 2.05) is 0 Å². The smallest absolute Gasteiger partial charge is 0.262 e. The number of rotatable bonds is 6. The minimum absolute atomic E-state index is 0. The summed E-state index contributed by atoms with van der Waals surface area (Å²) in [6, 6.07) is 0. The highest BCUT2D eigenvalue weighted by Crippen LogP contribution is 2.20. The zero-order valence-electron chi connectivity index (χ0n) is 10.9. The highest BCUT2D eigenvalue weighted by Gasteiger charge is 2.20. The lowest BCUT2D eigenvalue weighted by atomic mass is 10.2. The zero-order chi connectivity index (χ0) is 10.4. The minimum Gasteiger partial charge on any atom is -0.412 e. The van der Waals surface area contributed by atoms with Crippen molar-refractivity contribution in [3.8, 4) is 0 Å². The van der Waals surface area contributed by atoms with E-state index in [4.69, 9.17) is 0 Å². The van der Waals surface area contributed by atoms with Crippen LogP contribution in [0.1, 0.15) is 41.5 Å². The number of hydrogen-bond acceptors (Lipinski definition) is 0. The van der Waals surface area contributed by atoms with E-state index in [1.54, 1.807) is 15.8 Å². The van der Waals surface area contributed by atoms with E-state index >= 15 is 0 Å². The summed E-state index contributed by atoms with van der Waals surface area (Å²) in [6.45, 7) is 14.3. The second-order valence-electron chi connectivity index (χ2n) is 5.75. The van der Waals surface area contributed by atoms with Crippen molar-refractivity contribution < 1.29 is 5.48 Å². The van der Waals surface area contributed by atoms with Crippen LogP contribution in [0, 0.1) is 17.8 Å². The van der Waals surface area contributed by atoms with Crippen LogP contribution in [0.15, 0.2) is 0 Å². The molecule has 0 amide bonds. The second-order valence-corrected chi connectivity index (χ2v) is 8.90. The molecular weight excluding hydrogens is 187 g/mol. The Morgan fingerprint density at radius 3 is 1.00 bits per heavy atom. The van der Waals surface area contributed by atoms with Crippen molar-refractivity contribution in [1.82, 2.24) is 0 Å². The van der Waals surface area contributed by atoms with E-state index in [-0.39, 0.29) is 5.48 Å². The fourth-order valence-corrected chi connectivity index (χ4v) is 6.87. The van der Waals surface area contributed by atoms with Crippen LogP contribution < -0.4 is 0 Å². The molecule has 1 nitrogen and oxygen atoms in total. The topological polar surface area (TPSA) is 31.5 Å². The van der Waals surface area contributed by atoms with Gasteiger partial charge in [0.15, 0.2) is 0 Å². The predicted octanol–water partition coefficient (Wildman–Crippen LogP) is 3.62. The van der Waals surface area contributed by atoms with Gasteiger partial charge in [-0.3, -0.25) is 0 Å². The quantitative estimate of drug-likeness (QED) is 0.607. The third kappa shape index (κ3) is 10.6. The van der Waals surface area contributed by atoms with Crippen LogP contribution in [0.4, 0.5) is 0 Å². The molecule has 0 heterocycles.